The summed E-state index contributed by atoms with van der Waals surface area (Å²) in [4.78, 5) is 11.5. The molecule has 2 aromatic rings. The highest BCUT2D eigenvalue weighted by molar-refractivity contribution is 7.84. The summed E-state index contributed by atoms with van der Waals surface area (Å²) >= 11 is 0. The summed E-state index contributed by atoms with van der Waals surface area (Å²) in [7, 11) is -1.24. The molecule has 104 valence electrons. The Morgan fingerprint density at radius 2 is 1.75 bits per heavy atom. The van der Waals surface area contributed by atoms with E-state index in [1.165, 1.54) is 12.1 Å². The van der Waals surface area contributed by atoms with Crippen LogP contribution in [0.4, 0.5) is 0 Å². The fraction of sp³-hybridized carbons (Fsp3) is 0.188. The Hall–Kier alpha value is -1.94. The first-order valence-corrected chi connectivity index (χ1v) is 7.56. The van der Waals surface area contributed by atoms with Crippen molar-refractivity contribution in [3.8, 4) is 0 Å². The van der Waals surface area contributed by atoms with Crippen molar-refractivity contribution in [2.24, 2.45) is 0 Å². The molecule has 0 bridgehead atoms. The van der Waals surface area contributed by atoms with E-state index in [0.29, 0.717) is 10.6 Å². The fourth-order valence-corrected chi connectivity index (χ4v) is 3.28. The third-order valence-electron chi connectivity index (χ3n) is 2.92. The molecular weight excluding hydrogens is 272 g/mol. The molecule has 0 saturated heterocycles. The van der Waals surface area contributed by atoms with Crippen LogP contribution in [0, 0.1) is 13.8 Å². The largest absolute Gasteiger partial charge is 0.478 e. The Bertz CT molecular complexity index is 657. The highest BCUT2D eigenvalue weighted by Gasteiger charge is 2.09. The molecule has 0 spiro atoms. The molecule has 0 aliphatic rings. The van der Waals surface area contributed by atoms with Crippen LogP contribution in [0.15, 0.2) is 47.4 Å². The minimum absolute atomic E-state index is 0.163. The van der Waals surface area contributed by atoms with Crippen LogP contribution in [0.1, 0.15) is 27.0 Å². The van der Waals surface area contributed by atoms with Crippen molar-refractivity contribution in [3.63, 3.8) is 0 Å². The van der Waals surface area contributed by atoms with Gasteiger partial charge in [-0.3, -0.25) is 4.21 Å². The normalized spacial score (nSPS) is 12.1. The summed E-state index contributed by atoms with van der Waals surface area (Å²) in [6.45, 7) is 4.01. The lowest BCUT2D eigenvalue weighted by Crippen LogP contribution is -2.01. The lowest BCUT2D eigenvalue weighted by molar-refractivity contribution is 0.0696. The molecule has 0 fully saturated rings. The average Bonchev–Trinajstić information content (AvgIpc) is 2.37. The van der Waals surface area contributed by atoms with Gasteiger partial charge in [0.25, 0.3) is 0 Å². The number of aromatic carboxylic acids is 1. The second-order valence-electron chi connectivity index (χ2n) is 4.82. The first-order valence-electron chi connectivity index (χ1n) is 6.24. The molecule has 0 aliphatic heterocycles. The maximum Gasteiger partial charge on any atom is 0.335 e. The number of benzene rings is 2. The number of carboxylic acid groups (broad SMARTS) is 1. The molecule has 4 heteroatoms. The molecule has 2 rings (SSSR count). The van der Waals surface area contributed by atoms with Gasteiger partial charge in [0.15, 0.2) is 0 Å². The van der Waals surface area contributed by atoms with Crippen molar-refractivity contribution < 1.29 is 14.1 Å². The SMILES string of the molecule is Cc1cc(C)cc(CS(=O)c2cccc(C(=O)O)c2)c1. The zero-order chi connectivity index (χ0) is 14.7. The van der Waals surface area contributed by atoms with Gasteiger partial charge in [-0.25, -0.2) is 4.79 Å². The minimum atomic E-state index is -1.24. The summed E-state index contributed by atoms with van der Waals surface area (Å²) in [5, 5.41) is 8.95. The van der Waals surface area contributed by atoms with Gasteiger partial charge in [-0.05, 0) is 37.6 Å². The molecule has 0 aromatic heterocycles. The first-order chi connectivity index (χ1) is 9.45. The zero-order valence-electron chi connectivity index (χ0n) is 11.4. The quantitative estimate of drug-likeness (QED) is 0.939. The molecule has 1 N–H and O–H groups in total. The van der Waals surface area contributed by atoms with Crippen molar-refractivity contribution >= 4 is 16.8 Å². The standard InChI is InChI=1S/C16H16O3S/c1-11-6-12(2)8-13(7-11)10-20(19)15-5-3-4-14(9-15)16(17)18/h3-9H,10H2,1-2H3,(H,17,18). The van der Waals surface area contributed by atoms with Crippen molar-refractivity contribution in [2.45, 2.75) is 24.5 Å². The van der Waals surface area contributed by atoms with Crippen LogP contribution in [0.25, 0.3) is 0 Å². The summed E-state index contributed by atoms with van der Waals surface area (Å²) < 4.78 is 12.3. The summed E-state index contributed by atoms with van der Waals surface area (Å²) in [6.07, 6.45) is 0. The molecule has 1 unspecified atom stereocenters. The van der Waals surface area contributed by atoms with E-state index in [0.717, 1.165) is 16.7 Å². The van der Waals surface area contributed by atoms with E-state index in [2.05, 4.69) is 6.07 Å². The van der Waals surface area contributed by atoms with Gasteiger partial charge in [0.1, 0.15) is 0 Å². The molecule has 0 saturated carbocycles. The Kier molecular flexibility index (Phi) is 4.35. The van der Waals surface area contributed by atoms with Crippen LogP contribution in [0.2, 0.25) is 0 Å². The van der Waals surface area contributed by atoms with Gasteiger partial charge < -0.3 is 5.11 Å². The topological polar surface area (TPSA) is 54.4 Å². The van der Waals surface area contributed by atoms with Crippen molar-refractivity contribution in [3.05, 3.63) is 64.7 Å². The Labute approximate surface area is 120 Å². The number of aryl methyl sites for hydroxylation is 2. The van der Waals surface area contributed by atoms with E-state index >= 15 is 0 Å². The van der Waals surface area contributed by atoms with Gasteiger partial charge in [0, 0.05) is 4.90 Å². The van der Waals surface area contributed by atoms with Gasteiger partial charge in [0.2, 0.25) is 0 Å². The molecule has 1 atom stereocenters. The maximum atomic E-state index is 12.3. The molecule has 0 amide bonds. The van der Waals surface area contributed by atoms with Crippen LogP contribution in [-0.4, -0.2) is 15.3 Å². The van der Waals surface area contributed by atoms with Crippen LogP contribution < -0.4 is 0 Å². The van der Waals surface area contributed by atoms with Crippen molar-refractivity contribution in [1.82, 2.24) is 0 Å². The van der Waals surface area contributed by atoms with Crippen molar-refractivity contribution in [1.29, 1.82) is 0 Å². The van der Waals surface area contributed by atoms with Gasteiger partial charge in [-0.1, -0.05) is 35.4 Å². The predicted octanol–water partition coefficient (Wildman–Crippen LogP) is 3.31. The minimum Gasteiger partial charge on any atom is -0.478 e. The van der Waals surface area contributed by atoms with Crippen LogP contribution in [0.3, 0.4) is 0 Å². The van der Waals surface area contributed by atoms with Crippen LogP contribution >= 0.6 is 0 Å². The molecular formula is C16H16O3S. The lowest BCUT2D eigenvalue weighted by atomic mass is 10.1. The van der Waals surface area contributed by atoms with Crippen LogP contribution in [-0.2, 0) is 16.6 Å². The number of rotatable bonds is 4. The van der Waals surface area contributed by atoms with E-state index in [-0.39, 0.29) is 5.56 Å². The first kappa shape index (κ1) is 14.5. The van der Waals surface area contributed by atoms with Gasteiger partial charge in [-0.15, -0.1) is 0 Å². The zero-order valence-corrected chi connectivity index (χ0v) is 12.2. The van der Waals surface area contributed by atoms with E-state index in [1.807, 2.05) is 26.0 Å². The van der Waals surface area contributed by atoms with Crippen molar-refractivity contribution in [2.75, 3.05) is 0 Å². The summed E-state index contributed by atoms with van der Waals surface area (Å²) in [5.41, 5.74) is 3.44. The fourth-order valence-electron chi connectivity index (χ4n) is 2.16. The van der Waals surface area contributed by atoms with E-state index in [1.54, 1.807) is 12.1 Å². The molecule has 0 radical (unpaired) electrons. The molecule has 0 heterocycles. The summed E-state index contributed by atoms with van der Waals surface area (Å²) in [5.74, 6) is -0.610. The van der Waals surface area contributed by atoms with E-state index in [4.69, 9.17) is 5.11 Å². The average molecular weight is 288 g/mol. The molecule has 0 aliphatic carbocycles. The molecule has 20 heavy (non-hydrogen) atoms. The maximum absolute atomic E-state index is 12.3. The Morgan fingerprint density at radius 3 is 2.35 bits per heavy atom. The third kappa shape index (κ3) is 3.54. The Morgan fingerprint density at radius 1 is 1.10 bits per heavy atom. The number of carboxylic acids is 1. The smallest absolute Gasteiger partial charge is 0.335 e. The predicted molar refractivity (Wildman–Crippen MR) is 79.4 cm³/mol. The second-order valence-corrected chi connectivity index (χ2v) is 6.27. The Balaban J connectivity index is 2.23. The third-order valence-corrected chi connectivity index (χ3v) is 4.30. The second kappa shape index (κ2) is 6.01. The molecule has 3 nitrogen and oxygen atoms in total. The van der Waals surface area contributed by atoms with Gasteiger partial charge in [-0.2, -0.15) is 0 Å². The number of hydrogen-bond acceptors (Lipinski definition) is 2. The summed E-state index contributed by atoms with van der Waals surface area (Å²) in [6, 6.07) is 12.4. The number of hydrogen-bond donors (Lipinski definition) is 1. The van der Waals surface area contributed by atoms with Gasteiger partial charge in [0.05, 0.1) is 22.1 Å². The van der Waals surface area contributed by atoms with E-state index < -0.39 is 16.8 Å². The monoisotopic (exact) mass is 288 g/mol. The number of carbonyl (C=O) groups is 1. The highest BCUT2D eigenvalue weighted by atomic mass is 32.2. The molecule has 2 aromatic carbocycles. The highest BCUT2D eigenvalue weighted by Crippen LogP contribution is 2.16. The van der Waals surface area contributed by atoms with Crippen LogP contribution in [0.5, 0.6) is 0 Å². The van der Waals surface area contributed by atoms with Gasteiger partial charge >= 0.3 is 5.97 Å². The van der Waals surface area contributed by atoms with E-state index in [9.17, 15) is 9.00 Å². The lowest BCUT2D eigenvalue weighted by Gasteiger charge is -2.06.